The zero-order chi connectivity index (χ0) is 19.3. The number of furan rings is 1. The van der Waals surface area contributed by atoms with E-state index in [1.165, 1.54) is 16.7 Å². The van der Waals surface area contributed by atoms with Crippen molar-refractivity contribution in [2.75, 3.05) is 13.1 Å². The molecule has 3 aromatic heterocycles. The van der Waals surface area contributed by atoms with Crippen LogP contribution in [0.15, 0.2) is 33.9 Å². The molecular weight excluding hydrogens is 374 g/mol. The molecule has 6 nitrogen and oxygen atoms in total. The Morgan fingerprint density at radius 3 is 2.86 bits per heavy atom. The van der Waals surface area contributed by atoms with Gasteiger partial charge in [0.25, 0.3) is 11.5 Å². The highest BCUT2D eigenvalue weighted by Crippen LogP contribution is 2.36. The summed E-state index contributed by atoms with van der Waals surface area (Å²) in [5.41, 5.74) is 1.32. The molecule has 2 aliphatic rings. The highest BCUT2D eigenvalue weighted by Gasteiger charge is 2.28. The number of likely N-dealkylation sites (tertiary alicyclic amines) is 1. The van der Waals surface area contributed by atoms with Crippen LogP contribution in [0, 0.1) is 5.92 Å². The van der Waals surface area contributed by atoms with Gasteiger partial charge in [-0.1, -0.05) is 6.92 Å². The van der Waals surface area contributed by atoms with Crippen molar-refractivity contribution in [2.24, 2.45) is 5.92 Å². The number of piperidine rings is 1. The predicted octanol–water partition coefficient (Wildman–Crippen LogP) is 3.65. The van der Waals surface area contributed by atoms with Crippen LogP contribution in [0.1, 0.15) is 53.2 Å². The molecule has 3 aromatic rings. The molecule has 0 unspecified atom stereocenters. The van der Waals surface area contributed by atoms with Crippen LogP contribution >= 0.6 is 11.3 Å². The Bertz CT molecular complexity index is 1070. The van der Waals surface area contributed by atoms with Gasteiger partial charge in [0, 0.05) is 24.0 Å². The van der Waals surface area contributed by atoms with E-state index >= 15 is 0 Å². The van der Waals surface area contributed by atoms with E-state index < -0.39 is 0 Å². The van der Waals surface area contributed by atoms with Gasteiger partial charge < -0.3 is 9.32 Å². The summed E-state index contributed by atoms with van der Waals surface area (Å²) in [6.07, 6.45) is 7.91. The molecule has 5 rings (SSSR count). The Labute approximate surface area is 166 Å². The van der Waals surface area contributed by atoms with Crippen molar-refractivity contribution < 1.29 is 9.21 Å². The van der Waals surface area contributed by atoms with Crippen LogP contribution in [-0.2, 0) is 12.8 Å². The molecule has 0 radical (unpaired) electrons. The van der Waals surface area contributed by atoms with Crippen LogP contribution in [-0.4, -0.2) is 33.4 Å². The van der Waals surface area contributed by atoms with Crippen molar-refractivity contribution in [3.8, 4) is 0 Å². The third-order valence-electron chi connectivity index (χ3n) is 6.12. The van der Waals surface area contributed by atoms with Gasteiger partial charge in [-0.3, -0.25) is 14.2 Å². The summed E-state index contributed by atoms with van der Waals surface area (Å²) in [5, 5.41) is 0.837. The third kappa shape index (κ3) is 2.89. The van der Waals surface area contributed by atoms with E-state index in [1.54, 1.807) is 34.7 Å². The molecule has 0 bridgehead atoms. The maximum Gasteiger partial charge on any atom is 0.289 e. The molecule has 1 saturated heterocycles. The second-order valence-corrected chi connectivity index (χ2v) is 9.07. The van der Waals surface area contributed by atoms with Crippen LogP contribution in [0.2, 0.25) is 0 Å². The zero-order valence-electron chi connectivity index (χ0n) is 15.9. The van der Waals surface area contributed by atoms with Gasteiger partial charge >= 0.3 is 0 Å². The maximum atomic E-state index is 13.3. The molecule has 1 amide bonds. The number of nitrogens with zero attached hydrogens (tertiary/aromatic N) is 3. The fourth-order valence-corrected chi connectivity index (χ4v) is 5.85. The molecule has 1 aliphatic heterocycles. The van der Waals surface area contributed by atoms with E-state index in [0.29, 0.717) is 24.8 Å². The SMILES string of the molecule is C[C@H]1CCc2c(sc3ncn(C4CCN(C(=O)c5ccco5)CC4)c(=O)c23)C1. The lowest BCUT2D eigenvalue weighted by Gasteiger charge is -2.32. The lowest BCUT2D eigenvalue weighted by molar-refractivity contribution is 0.0661. The lowest BCUT2D eigenvalue weighted by Crippen LogP contribution is -2.40. The summed E-state index contributed by atoms with van der Waals surface area (Å²) in [6.45, 7) is 3.51. The molecule has 0 spiro atoms. The minimum absolute atomic E-state index is 0.0783. The predicted molar refractivity (Wildman–Crippen MR) is 108 cm³/mol. The number of aryl methyl sites for hydroxylation is 1. The van der Waals surface area contributed by atoms with Gasteiger partial charge in [0.15, 0.2) is 5.76 Å². The normalized spacial score (nSPS) is 20.5. The fraction of sp³-hybridized carbons (Fsp3) is 0.476. The van der Waals surface area contributed by atoms with Crippen LogP contribution in [0.4, 0.5) is 0 Å². The molecule has 0 saturated carbocycles. The van der Waals surface area contributed by atoms with Crippen molar-refractivity contribution in [3.05, 3.63) is 51.3 Å². The number of carbonyl (C=O) groups excluding carboxylic acids is 1. The standard InChI is InChI=1S/C21H23N3O3S/c1-13-4-5-15-17(11-13)28-19-18(15)21(26)24(12-22-19)14-6-8-23(9-7-14)20(25)16-3-2-10-27-16/h2-3,10,12-14H,4-9,11H2,1H3/t13-/m0/s1. The second-order valence-electron chi connectivity index (χ2n) is 7.99. The van der Waals surface area contributed by atoms with Gasteiger partial charge in [-0.15, -0.1) is 11.3 Å². The van der Waals surface area contributed by atoms with E-state index in [0.717, 1.165) is 42.3 Å². The van der Waals surface area contributed by atoms with Crippen LogP contribution in [0.25, 0.3) is 10.2 Å². The van der Waals surface area contributed by atoms with Crippen molar-refractivity contribution in [2.45, 2.75) is 45.1 Å². The molecule has 1 fully saturated rings. The summed E-state index contributed by atoms with van der Waals surface area (Å²) in [4.78, 5) is 34.4. The quantitative estimate of drug-likeness (QED) is 0.662. The minimum Gasteiger partial charge on any atom is -0.459 e. The fourth-order valence-electron chi connectivity index (χ4n) is 4.51. The van der Waals surface area contributed by atoms with E-state index in [9.17, 15) is 9.59 Å². The first-order valence-electron chi connectivity index (χ1n) is 9.96. The number of rotatable bonds is 2. The van der Waals surface area contributed by atoms with Gasteiger partial charge in [-0.05, 0) is 55.7 Å². The number of aromatic nitrogens is 2. The summed E-state index contributed by atoms with van der Waals surface area (Å²) in [6, 6.07) is 3.50. The van der Waals surface area contributed by atoms with Crippen LogP contribution in [0.5, 0.6) is 0 Å². The van der Waals surface area contributed by atoms with Gasteiger partial charge in [0.1, 0.15) is 4.83 Å². The number of thiophene rings is 1. The van der Waals surface area contributed by atoms with Gasteiger partial charge in [0.2, 0.25) is 0 Å². The van der Waals surface area contributed by atoms with Gasteiger partial charge in [-0.2, -0.15) is 0 Å². The summed E-state index contributed by atoms with van der Waals surface area (Å²) in [7, 11) is 0. The largest absolute Gasteiger partial charge is 0.459 e. The van der Waals surface area contributed by atoms with Crippen LogP contribution in [0.3, 0.4) is 0 Å². The first kappa shape index (κ1) is 17.7. The second kappa shape index (κ2) is 6.88. The Balaban J connectivity index is 1.39. The molecule has 1 atom stereocenters. The smallest absolute Gasteiger partial charge is 0.289 e. The zero-order valence-corrected chi connectivity index (χ0v) is 16.7. The molecule has 0 N–H and O–H groups in total. The Hall–Kier alpha value is -2.41. The number of hydrogen-bond acceptors (Lipinski definition) is 5. The average Bonchev–Trinajstić information content (AvgIpc) is 3.35. The molecule has 1 aliphatic carbocycles. The number of carbonyl (C=O) groups is 1. The summed E-state index contributed by atoms with van der Waals surface area (Å²) >= 11 is 1.69. The summed E-state index contributed by atoms with van der Waals surface area (Å²) < 4.78 is 7.03. The Morgan fingerprint density at radius 2 is 2.11 bits per heavy atom. The van der Waals surface area contributed by atoms with Gasteiger partial charge in [-0.25, -0.2) is 4.98 Å². The first-order valence-corrected chi connectivity index (χ1v) is 10.8. The Morgan fingerprint density at radius 1 is 1.29 bits per heavy atom. The van der Waals surface area contributed by atoms with Crippen molar-refractivity contribution in [1.29, 1.82) is 0 Å². The van der Waals surface area contributed by atoms with Crippen LogP contribution < -0.4 is 5.56 Å². The average molecular weight is 398 g/mol. The Kier molecular flexibility index (Phi) is 4.34. The number of fused-ring (bicyclic) bond motifs is 3. The van der Waals surface area contributed by atoms with Crippen molar-refractivity contribution in [3.63, 3.8) is 0 Å². The maximum absolute atomic E-state index is 13.3. The summed E-state index contributed by atoms with van der Waals surface area (Å²) in [5.74, 6) is 0.974. The van der Waals surface area contributed by atoms with E-state index in [2.05, 4.69) is 11.9 Å². The topological polar surface area (TPSA) is 68.3 Å². The molecule has 0 aromatic carbocycles. The number of amides is 1. The van der Waals surface area contributed by atoms with E-state index in [4.69, 9.17) is 4.42 Å². The van der Waals surface area contributed by atoms with Crippen molar-refractivity contribution >= 4 is 27.5 Å². The molecule has 4 heterocycles. The molecular formula is C21H23N3O3S. The molecule has 146 valence electrons. The number of hydrogen-bond donors (Lipinski definition) is 0. The molecule has 7 heteroatoms. The monoisotopic (exact) mass is 397 g/mol. The van der Waals surface area contributed by atoms with E-state index in [1.807, 2.05) is 4.57 Å². The highest BCUT2D eigenvalue weighted by atomic mass is 32.1. The van der Waals surface area contributed by atoms with E-state index in [-0.39, 0.29) is 17.5 Å². The molecule has 28 heavy (non-hydrogen) atoms. The third-order valence-corrected chi connectivity index (χ3v) is 7.28. The minimum atomic E-state index is -0.0783. The lowest BCUT2D eigenvalue weighted by atomic mass is 9.89. The highest BCUT2D eigenvalue weighted by molar-refractivity contribution is 7.18. The first-order chi connectivity index (χ1) is 13.6. The van der Waals surface area contributed by atoms with Gasteiger partial charge in [0.05, 0.1) is 18.0 Å². The van der Waals surface area contributed by atoms with Crippen molar-refractivity contribution in [1.82, 2.24) is 14.5 Å².